The molecule has 0 aliphatic carbocycles. The minimum absolute atomic E-state index is 0.0877. The third kappa shape index (κ3) is 3.99. The summed E-state index contributed by atoms with van der Waals surface area (Å²) >= 11 is 0. The number of hydrogen-bond acceptors (Lipinski definition) is 4. The third-order valence-corrected chi connectivity index (χ3v) is 1.92. The van der Waals surface area contributed by atoms with Gasteiger partial charge in [-0.1, -0.05) is 0 Å². The Hall–Kier alpha value is -1.43. The molecule has 1 aromatic rings. The van der Waals surface area contributed by atoms with Crippen molar-refractivity contribution in [2.24, 2.45) is 5.73 Å². The van der Waals surface area contributed by atoms with Crippen molar-refractivity contribution in [2.75, 3.05) is 0 Å². The van der Waals surface area contributed by atoms with E-state index in [9.17, 15) is 4.79 Å². The van der Waals surface area contributed by atoms with Crippen molar-refractivity contribution in [2.45, 2.75) is 31.8 Å². The van der Waals surface area contributed by atoms with Gasteiger partial charge in [-0.05, 0) is 12.8 Å². The highest BCUT2D eigenvalue weighted by atomic mass is 16.4. The molecule has 0 radical (unpaired) electrons. The van der Waals surface area contributed by atoms with E-state index in [4.69, 9.17) is 10.8 Å². The lowest BCUT2D eigenvalue weighted by molar-refractivity contribution is -0.137. The van der Waals surface area contributed by atoms with Crippen LogP contribution in [0.5, 0.6) is 0 Å². The second-order valence-electron chi connectivity index (χ2n) is 3.14. The van der Waals surface area contributed by atoms with E-state index in [0.717, 1.165) is 6.42 Å². The first-order valence-electron chi connectivity index (χ1n) is 4.48. The number of nitrogens with zero attached hydrogens (tertiary/aromatic N) is 3. The van der Waals surface area contributed by atoms with Crippen molar-refractivity contribution in [3.05, 3.63) is 12.7 Å². The molecule has 6 heteroatoms. The number of aliphatic carboxylic acids is 1. The summed E-state index contributed by atoms with van der Waals surface area (Å²) in [6, 6.07) is -0.0877. The molecule has 0 aliphatic rings. The summed E-state index contributed by atoms with van der Waals surface area (Å²) in [7, 11) is 0. The maximum Gasteiger partial charge on any atom is 0.303 e. The molecule has 0 saturated carbocycles. The van der Waals surface area contributed by atoms with Crippen LogP contribution in [-0.4, -0.2) is 31.9 Å². The normalized spacial score (nSPS) is 12.6. The van der Waals surface area contributed by atoms with Crippen LogP contribution in [0.1, 0.15) is 19.3 Å². The molecule has 3 N–H and O–H groups in total. The molecule has 0 fully saturated rings. The second-order valence-corrected chi connectivity index (χ2v) is 3.14. The highest BCUT2D eigenvalue weighted by Gasteiger charge is 2.05. The first kappa shape index (κ1) is 10.6. The van der Waals surface area contributed by atoms with Gasteiger partial charge in [0.15, 0.2) is 0 Å². The standard InChI is InChI=1S/C8H14N4O2/c9-7(1-2-8(13)14)3-4-12-6-10-5-11-12/h5-7H,1-4,9H2,(H,13,14). The Morgan fingerprint density at radius 1 is 1.57 bits per heavy atom. The Labute approximate surface area is 81.7 Å². The van der Waals surface area contributed by atoms with Gasteiger partial charge >= 0.3 is 5.97 Å². The van der Waals surface area contributed by atoms with Gasteiger partial charge in [0.05, 0.1) is 0 Å². The van der Waals surface area contributed by atoms with Crippen LogP contribution in [0.2, 0.25) is 0 Å². The lowest BCUT2D eigenvalue weighted by Gasteiger charge is -2.09. The molecule has 0 aliphatic heterocycles. The molecule has 1 atom stereocenters. The first-order valence-corrected chi connectivity index (χ1v) is 4.48. The van der Waals surface area contributed by atoms with Gasteiger partial charge in [-0.3, -0.25) is 9.48 Å². The predicted octanol–water partition coefficient (Wildman–Crippen LogP) is -0.140. The van der Waals surface area contributed by atoms with Gasteiger partial charge in [0, 0.05) is 19.0 Å². The molecular formula is C8H14N4O2. The maximum atomic E-state index is 10.3. The van der Waals surface area contributed by atoms with Gasteiger partial charge in [-0.2, -0.15) is 5.10 Å². The van der Waals surface area contributed by atoms with Crippen molar-refractivity contribution in [1.29, 1.82) is 0 Å². The van der Waals surface area contributed by atoms with E-state index in [1.54, 1.807) is 11.0 Å². The lowest BCUT2D eigenvalue weighted by atomic mass is 10.1. The van der Waals surface area contributed by atoms with E-state index in [-0.39, 0.29) is 12.5 Å². The minimum Gasteiger partial charge on any atom is -0.481 e. The van der Waals surface area contributed by atoms with Gasteiger partial charge in [-0.25, -0.2) is 4.98 Å². The number of carbonyl (C=O) groups is 1. The second kappa shape index (κ2) is 5.33. The van der Waals surface area contributed by atoms with Crippen LogP contribution in [0.3, 0.4) is 0 Å². The largest absolute Gasteiger partial charge is 0.481 e. The fraction of sp³-hybridized carbons (Fsp3) is 0.625. The Kier molecular flexibility index (Phi) is 4.06. The summed E-state index contributed by atoms with van der Waals surface area (Å²) < 4.78 is 1.68. The summed E-state index contributed by atoms with van der Waals surface area (Å²) in [6.07, 6.45) is 4.42. The number of carboxylic acids is 1. The molecule has 1 unspecified atom stereocenters. The van der Waals surface area contributed by atoms with Crippen LogP contribution in [0.4, 0.5) is 0 Å². The molecule has 0 bridgehead atoms. The molecule has 0 spiro atoms. The van der Waals surface area contributed by atoms with Crippen molar-refractivity contribution < 1.29 is 9.90 Å². The molecule has 6 nitrogen and oxygen atoms in total. The van der Waals surface area contributed by atoms with Crippen LogP contribution in [0, 0.1) is 0 Å². The molecule has 78 valence electrons. The van der Waals surface area contributed by atoms with E-state index < -0.39 is 5.97 Å². The van der Waals surface area contributed by atoms with Crippen LogP contribution in [-0.2, 0) is 11.3 Å². The smallest absolute Gasteiger partial charge is 0.303 e. The highest BCUT2D eigenvalue weighted by molar-refractivity contribution is 5.66. The molecule has 1 heterocycles. The van der Waals surface area contributed by atoms with E-state index in [1.807, 2.05) is 0 Å². The summed E-state index contributed by atoms with van der Waals surface area (Å²) in [5, 5.41) is 12.3. The van der Waals surface area contributed by atoms with E-state index in [1.165, 1.54) is 6.33 Å². The summed E-state index contributed by atoms with van der Waals surface area (Å²) in [6.45, 7) is 0.681. The quantitative estimate of drug-likeness (QED) is 0.663. The van der Waals surface area contributed by atoms with Crippen molar-refractivity contribution in [3.63, 3.8) is 0 Å². The van der Waals surface area contributed by atoms with E-state index in [2.05, 4.69) is 10.1 Å². The van der Waals surface area contributed by atoms with E-state index in [0.29, 0.717) is 13.0 Å². The molecule has 0 saturated heterocycles. The number of nitrogens with two attached hydrogens (primary N) is 1. The average Bonchev–Trinajstić information content (AvgIpc) is 2.63. The molecule has 1 rings (SSSR count). The average molecular weight is 198 g/mol. The summed E-state index contributed by atoms with van der Waals surface area (Å²) in [5.41, 5.74) is 5.71. The Bertz CT molecular complexity index is 273. The Balaban J connectivity index is 2.15. The Morgan fingerprint density at radius 3 is 2.93 bits per heavy atom. The monoisotopic (exact) mass is 198 g/mol. The third-order valence-electron chi connectivity index (χ3n) is 1.92. The predicted molar refractivity (Wildman–Crippen MR) is 49.5 cm³/mol. The van der Waals surface area contributed by atoms with Crippen LogP contribution < -0.4 is 5.73 Å². The van der Waals surface area contributed by atoms with Crippen molar-refractivity contribution in [1.82, 2.24) is 14.8 Å². The van der Waals surface area contributed by atoms with Crippen molar-refractivity contribution in [3.8, 4) is 0 Å². The Morgan fingerprint density at radius 2 is 2.36 bits per heavy atom. The minimum atomic E-state index is -0.804. The highest BCUT2D eigenvalue weighted by Crippen LogP contribution is 2.00. The zero-order chi connectivity index (χ0) is 10.4. The molecular weight excluding hydrogens is 184 g/mol. The fourth-order valence-electron chi connectivity index (χ4n) is 1.10. The molecule has 1 aromatic heterocycles. The summed E-state index contributed by atoms with van der Waals surface area (Å²) in [5.74, 6) is -0.804. The number of rotatable bonds is 6. The zero-order valence-corrected chi connectivity index (χ0v) is 7.83. The molecule has 14 heavy (non-hydrogen) atoms. The fourth-order valence-corrected chi connectivity index (χ4v) is 1.10. The van der Waals surface area contributed by atoms with Crippen LogP contribution in [0.15, 0.2) is 12.7 Å². The lowest BCUT2D eigenvalue weighted by Crippen LogP contribution is -2.23. The first-order chi connectivity index (χ1) is 6.68. The SMILES string of the molecule is NC(CCC(=O)O)CCn1cncn1. The van der Waals surface area contributed by atoms with Crippen molar-refractivity contribution >= 4 is 5.97 Å². The zero-order valence-electron chi connectivity index (χ0n) is 7.83. The van der Waals surface area contributed by atoms with Gasteiger partial charge in [0.25, 0.3) is 0 Å². The maximum absolute atomic E-state index is 10.3. The van der Waals surface area contributed by atoms with Gasteiger partial charge in [-0.15, -0.1) is 0 Å². The van der Waals surface area contributed by atoms with Crippen LogP contribution >= 0.6 is 0 Å². The molecule has 0 amide bonds. The summed E-state index contributed by atoms with van der Waals surface area (Å²) in [4.78, 5) is 14.0. The molecule has 0 aromatic carbocycles. The number of aryl methyl sites for hydroxylation is 1. The van der Waals surface area contributed by atoms with Gasteiger partial charge in [0.2, 0.25) is 0 Å². The number of carboxylic acid groups (broad SMARTS) is 1. The van der Waals surface area contributed by atoms with Crippen LogP contribution in [0.25, 0.3) is 0 Å². The van der Waals surface area contributed by atoms with Gasteiger partial charge < -0.3 is 10.8 Å². The van der Waals surface area contributed by atoms with E-state index >= 15 is 0 Å². The van der Waals surface area contributed by atoms with Gasteiger partial charge in [0.1, 0.15) is 12.7 Å². The number of hydrogen-bond donors (Lipinski definition) is 2. The number of aromatic nitrogens is 3. The topological polar surface area (TPSA) is 94.0 Å².